The van der Waals surface area contributed by atoms with Gasteiger partial charge in [-0.2, -0.15) is 8.42 Å². The first-order valence-electron chi connectivity index (χ1n) is 7.49. The molecule has 0 bridgehead atoms. The number of rotatable bonds is 3. The van der Waals surface area contributed by atoms with Crippen molar-refractivity contribution in [2.45, 2.75) is 6.92 Å². The first-order chi connectivity index (χ1) is 11.5. The topological polar surface area (TPSA) is 69.7 Å². The molecule has 2 aromatic carbocycles. The Morgan fingerprint density at radius 1 is 1.12 bits per heavy atom. The molecule has 0 fully saturated rings. The molecule has 0 unspecified atom stereocenters. The monoisotopic (exact) mass is 344 g/mol. The largest absolute Gasteiger partial charge is 0.462 e. The van der Waals surface area contributed by atoms with Crippen molar-refractivity contribution in [2.24, 2.45) is 0 Å². The molecule has 24 heavy (non-hydrogen) atoms. The lowest BCUT2D eigenvalue weighted by Gasteiger charge is -2.09. The van der Waals surface area contributed by atoms with E-state index >= 15 is 0 Å². The van der Waals surface area contributed by atoms with Crippen molar-refractivity contribution in [3.63, 3.8) is 0 Å². The molecule has 3 rings (SSSR count). The van der Waals surface area contributed by atoms with Gasteiger partial charge in [-0.05, 0) is 42.3 Å². The third-order valence-electron chi connectivity index (χ3n) is 3.55. The lowest BCUT2D eigenvalue weighted by molar-refractivity contribution is 0.0526. The molecule has 2 aromatic rings. The maximum atomic E-state index is 11.7. The molecule has 0 saturated carbocycles. The molecule has 0 saturated heterocycles. The lowest BCUT2D eigenvalue weighted by Crippen LogP contribution is -2.11. The average molecular weight is 344 g/mol. The van der Waals surface area contributed by atoms with Crippen LogP contribution < -0.4 is 4.18 Å². The van der Waals surface area contributed by atoms with E-state index in [1.807, 2.05) is 18.2 Å². The molecule has 1 heterocycles. The van der Waals surface area contributed by atoms with E-state index in [1.165, 1.54) is 0 Å². The predicted molar refractivity (Wildman–Crippen MR) is 91.3 cm³/mol. The first kappa shape index (κ1) is 16.3. The quantitative estimate of drug-likeness (QED) is 0.631. The maximum absolute atomic E-state index is 11.7. The number of hydrogen-bond donors (Lipinski definition) is 0. The van der Waals surface area contributed by atoms with Crippen LogP contribution in [0, 0.1) is 0 Å². The van der Waals surface area contributed by atoms with Gasteiger partial charge in [-0.15, -0.1) is 0 Å². The highest BCUT2D eigenvalue weighted by Crippen LogP contribution is 2.30. The van der Waals surface area contributed by atoms with E-state index in [4.69, 9.17) is 8.92 Å². The Balaban J connectivity index is 1.91. The van der Waals surface area contributed by atoms with Crippen molar-refractivity contribution in [3.05, 3.63) is 59.7 Å². The van der Waals surface area contributed by atoms with Gasteiger partial charge >= 0.3 is 16.1 Å². The summed E-state index contributed by atoms with van der Waals surface area (Å²) < 4.78 is 33.3. The molecule has 0 aromatic heterocycles. The summed E-state index contributed by atoms with van der Waals surface area (Å²) >= 11 is 0. The molecule has 0 spiro atoms. The van der Waals surface area contributed by atoms with Crippen LogP contribution in [0.3, 0.4) is 0 Å². The fourth-order valence-electron chi connectivity index (χ4n) is 2.41. The summed E-state index contributed by atoms with van der Waals surface area (Å²) in [5.41, 5.74) is 3.00. The first-order valence-corrected chi connectivity index (χ1v) is 9.06. The highest BCUT2D eigenvalue weighted by molar-refractivity contribution is 7.87. The summed E-state index contributed by atoms with van der Waals surface area (Å²) in [6.07, 6.45) is 3.30. The van der Waals surface area contributed by atoms with E-state index in [0.717, 1.165) is 11.1 Å². The minimum Gasteiger partial charge on any atom is -0.462 e. The zero-order chi connectivity index (χ0) is 17.2. The second-order valence-corrected chi connectivity index (χ2v) is 6.88. The molecule has 5 nitrogen and oxygen atoms in total. The van der Waals surface area contributed by atoms with Gasteiger partial charge in [0.1, 0.15) is 11.5 Å². The summed E-state index contributed by atoms with van der Waals surface area (Å²) in [6, 6.07) is 12.3. The average Bonchev–Trinajstić information content (AvgIpc) is 2.71. The Kier molecular flexibility index (Phi) is 4.40. The van der Waals surface area contributed by atoms with Gasteiger partial charge in [0.2, 0.25) is 0 Å². The summed E-state index contributed by atoms with van der Waals surface area (Å²) in [5.74, 6) is -0.186. The van der Waals surface area contributed by atoms with E-state index in [0.29, 0.717) is 23.5 Å². The van der Waals surface area contributed by atoms with Crippen LogP contribution in [0.1, 0.15) is 22.8 Å². The summed E-state index contributed by atoms with van der Waals surface area (Å²) in [6.45, 7) is 2.10. The third kappa shape index (κ3) is 3.49. The van der Waals surface area contributed by atoms with Gasteiger partial charge in [0, 0.05) is 5.56 Å². The van der Waals surface area contributed by atoms with Crippen LogP contribution in [0.5, 0.6) is 5.75 Å². The molecular formula is C18H16O5S. The molecule has 0 amide bonds. The predicted octanol–water partition coefficient (Wildman–Crippen LogP) is 3.27. The van der Waals surface area contributed by atoms with Crippen LogP contribution in [0.25, 0.3) is 17.2 Å². The number of esters is 1. The van der Waals surface area contributed by atoms with E-state index in [-0.39, 0.29) is 11.7 Å². The Hall–Kier alpha value is -2.60. The lowest BCUT2D eigenvalue weighted by atomic mass is 10.0. The smallest absolute Gasteiger partial charge is 0.338 e. The molecule has 0 aliphatic carbocycles. The normalized spacial score (nSPS) is 15.0. The zero-order valence-corrected chi connectivity index (χ0v) is 13.9. The highest BCUT2D eigenvalue weighted by atomic mass is 32.2. The van der Waals surface area contributed by atoms with Crippen molar-refractivity contribution < 1.29 is 22.1 Å². The van der Waals surface area contributed by atoms with Crippen LogP contribution in [0.2, 0.25) is 0 Å². The number of hydrogen-bond acceptors (Lipinski definition) is 5. The summed E-state index contributed by atoms with van der Waals surface area (Å²) in [5, 5.41) is 0. The van der Waals surface area contributed by atoms with Crippen molar-refractivity contribution in [1.82, 2.24) is 0 Å². The van der Waals surface area contributed by atoms with E-state index in [2.05, 4.69) is 0 Å². The van der Waals surface area contributed by atoms with Crippen LogP contribution in [0.4, 0.5) is 0 Å². The Bertz CT molecular complexity index is 896. The fraction of sp³-hybridized carbons (Fsp3) is 0.167. The van der Waals surface area contributed by atoms with Crippen molar-refractivity contribution in [1.29, 1.82) is 0 Å². The Labute approximate surface area is 140 Å². The van der Waals surface area contributed by atoms with Gasteiger partial charge < -0.3 is 8.92 Å². The molecular weight excluding hydrogens is 328 g/mol. The number of carbonyl (C=O) groups excluding carboxylic acids is 1. The molecule has 1 aliphatic heterocycles. The Morgan fingerprint density at radius 3 is 2.54 bits per heavy atom. The molecule has 0 N–H and O–H groups in total. The van der Waals surface area contributed by atoms with Gasteiger partial charge in [-0.25, -0.2) is 4.79 Å². The molecule has 0 radical (unpaired) electrons. The standard InChI is InChI=1S/C18H16O5S/c1-2-22-18(19)14-7-5-13(6-8-14)15-9-10-17-16(12-15)4-3-11-24(20,21)23-17/h3-10,12H,2,11H2,1H3. The number of ether oxygens (including phenoxy) is 1. The number of fused-ring (bicyclic) bond motifs is 1. The number of benzene rings is 2. The molecule has 1 aliphatic rings. The molecule has 6 heteroatoms. The second kappa shape index (κ2) is 6.49. The second-order valence-electron chi connectivity index (χ2n) is 5.26. The van der Waals surface area contributed by atoms with Gasteiger partial charge in [-0.3, -0.25) is 0 Å². The fourth-order valence-corrected chi connectivity index (χ4v) is 3.24. The SMILES string of the molecule is CCOC(=O)c1ccc(-c2ccc3c(c2)C=CCS(=O)(=O)O3)cc1. The van der Waals surface area contributed by atoms with Crippen LogP contribution in [-0.2, 0) is 14.9 Å². The van der Waals surface area contributed by atoms with Gasteiger partial charge in [0.05, 0.1) is 12.2 Å². The van der Waals surface area contributed by atoms with E-state index in [9.17, 15) is 13.2 Å². The molecule has 0 atom stereocenters. The minimum atomic E-state index is -3.57. The van der Waals surface area contributed by atoms with Gasteiger partial charge in [0.25, 0.3) is 0 Å². The number of carbonyl (C=O) groups is 1. The van der Waals surface area contributed by atoms with Gasteiger partial charge in [0.15, 0.2) is 0 Å². The van der Waals surface area contributed by atoms with Crippen molar-refractivity contribution >= 4 is 22.2 Å². The van der Waals surface area contributed by atoms with E-state index < -0.39 is 10.1 Å². The van der Waals surface area contributed by atoms with Crippen LogP contribution in [0.15, 0.2) is 48.5 Å². The van der Waals surface area contributed by atoms with Crippen LogP contribution in [-0.4, -0.2) is 26.7 Å². The van der Waals surface area contributed by atoms with Crippen molar-refractivity contribution in [3.8, 4) is 16.9 Å². The molecule has 124 valence electrons. The van der Waals surface area contributed by atoms with Crippen molar-refractivity contribution in [2.75, 3.05) is 12.4 Å². The van der Waals surface area contributed by atoms with Gasteiger partial charge in [-0.1, -0.05) is 30.4 Å². The third-order valence-corrected chi connectivity index (χ3v) is 4.59. The maximum Gasteiger partial charge on any atom is 0.338 e. The summed E-state index contributed by atoms with van der Waals surface area (Å²) in [4.78, 5) is 11.7. The zero-order valence-electron chi connectivity index (χ0n) is 13.1. The summed E-state index contributed by atoms with van der Waals surface area (Å²) in [7, 11) is -3.57. The van der Waals surface area contributed by atoms with Crippen LogP contribution >= 0.6 is 0 Å². The van der Waals surface area contributed by atoms with E-state index in [1.54, 1.807) is 43.3 Å². The highest BCUT2D eigenvalue weighted by Gasteiger charge is 2.17. The Morgan fingerprint density at radius 2 is 1.83 bits per heavy atom. The minimum absolute atomic E-state index is 0.148.